The molecule has 176 valence electrons. The molecule has 2 aliphatic rings. The second kappa shape index (κ2) is 12.3. The Labute approximate surface area is 197 Å². The van der Waals surface area contributed by atoms with Gasteiger partial charge in [0.05, 0.1) is 16.8 Å². The Morgan fingerprint density at radius 1 is 1.00 bits per heavy atom. The topological polar surface area (TPSA) is 70.3 Å². The van der Waals surface area contributed by atoms with Crippen molar-refractivity contribution >= 4 is 12.4 Å². The minimum absolute atomic E-state index is 0. The lowest BCUT2D eigenvalue weighted by molar-refractivity contribution is -0.677. The van der Waals surface area contributed by atoms with Crippen LogP contribution in [0.25, 0.3) is 11.1 Å². The van der Waals surface area contributed by atoms with Gasteiger partial charge in [0.15, 0.2) is 0 Å². The Morgan fingerprint density at radius 3 is 2.38 bits per heavy atom. The van der Waals surface area contributed by atoms with E-state index >= 15 is 0 Å². The average Bonchev–Trinajstić information content (AvgIpc) is 2.80. The fraction of sp³-hybridized carbons (Fsp3) is 0.600. The van der Waals surface area contributed by atoms with Crippen molar-refractivity contribution in [1.82, 2.24) is 10.4 Å². The van der Waals surface area contributed by atoms with Gasteiger partial charge in [-0.05, 0) is 75.7 Å². The summed E-state index contributed by atoms with van der Waals surface area (Å²) in [7, 11) is 0. The molecule has 1 aromatic heterocycles. The highest BCUT2D eigenvalue weighted by Crippen LogP contribution is 2.30. The van der Waals surface area contributed by atoms with Crippen molar-refractivity contribution in [3.63, 3.8) is 0 Å². The summed E-state index contributed by atoms with van der Waals surface area (Å²) in [5, 5.41) is 20.3. The number of nitrogens with zero attached hydrogens (tertiary/aromatic N) is 2. The fourth-order valence-electron chi connectivity index (χ4n) is 4.54. The van der Waals surface area contributed by atoms with E-state index in [0.717, 1.165) is 73.3 Å². The molecule has 1 aliphatic carbocycles. The molecule has 2 heterocycles. The number of ether oxygens (including phenoxy) is 2. The van der Waals surface area contributed by atoms with E-state index in [1.165, 1.54) is 19.3 Å². The first-order valence-corrected chi connectivity index (χ1v) is 12.0. The minimum Gasteiger partial charge on any atom is -0.594 e. The van der Waals surface area contributed by atoms with Crippen LogP contribution in [0.4, 0.5) is 0 Å². The molecule has 1 saturated carbocycles. The van der Waals surface area contributed by atoms with Crippen molar-refractivity contribution in [3.8, 4) is 22.8 Å². The summed E-state index contributed by atoms with van der Waals surface area (Å²) in [6.07, 6.45) is 11.1. The van der Waals surface area contributed by atoms with Crippen LogP contribution in [0.1, 0.15) is 70.4 Å². The van der Waals surface area contributed by atoms with E-state index in [9.17, 15) is 5.21 Å². The first kappa shape index (κ1) is 24.6. The molecular weight excluding hydrogens is 426 g/mol. The predicted molar refractivity (Wildman–Crippen MR) is 129 cm³/mol. The monoisotopic (exact) mass is 461 g/mol. The zero-order valence-corrected chi connectivity index (χ0v) is 19.9. The van der Waals surface area contributed by atoms with Gasteiger partial charge in [-0.15, -0.1) is 12.4 Å². The first-order chi connectivity index (χ1) is 15.2. The fourth-order valence-corrected chi connectivity index (χ4v) is 4.54. The van der Waals surface area contributed by atoms with E-state index in [-0.39, 0.29) is 18.5 Å². The van der Waals surface area contributed by atoms with E-state index in [4.69, 9.17) is 9.47 Å². The second-order valence-corrected chi connectivity index (χ2v) is 8.79. The molecule has 0 bridgehead atoms. The smallest absolute Gasteiger partial charge is 0.281 e. The molecular formula is C25H36ClN3O3. The van der Waals surface area contributed by atoms with Crippen molar-refractivity contribution < 1.29 is 14.3 Å². The van der Waals surface area contributed by atoms with Gasteiger partial charge in [0.2, 0.25) is 5.69 Å². The summed E-state index contributed by atoms with van der Waals surface area (Å²) in [6, 6.07) is 10.1. The highest BCUT2D eigenvalue weighted by molar-refractivity contribution is 5.85. The summed E-state index contributed by atoms with van der Waals surface area (Å²) in [5.41, 5.74) is 2.62. The molecule has 2 fully saturated rings. The number of aromatic nitrogens is 2. The molecule has 1 aromatic carbocycles. The summed E-state index contributed by atoms with van der Waals surface area (Å²) < 4.78 is 12.3. The molecule has 6 nitrogen and oxygen atoms in total. The Kier molecular flexibility index (Phi) is 9.42. The van der Waals surface area contributed by atoms with E-state index in [1.807, 2.05) is 18.2 Å². The number of piperidine rings is 1. The molecule has 1 N–H and O–H groups in total. The van der Waals surface area contributed by atoms with Crippen molar-refractivity contribution in [2.45, 2.75) is 83.3 Å². The maximum absolute atomic E-state index is 12.8. The van der Waals surface area contributed by atoms with Crippen LogP contribution in [-0.4, -0.2) is 30.4 Å². The van der Waals surface area contributed by atoms with E-state index in [1.54, 1.807) is 0 Å². The molecule has 1 saturated heterocycles. The van der Waals surface area contributed by atoms with Crippen LogP contribution in [-0.2, 0) is 6.42 Å². The molecule has 0 spiro atoms. The predicted octanol–water partition coefficient (Wildman–Crippen LogP) is 4.99. The van der Waals surface area contributed by atoms with Crippen molar-refractivity contribution in [3.05, 3.63) is 41.2 Å². The molecule has 0 radical (unpaired) electrons. The van der Waals surface area contributed by atoms with E-state index in [2.05, 4.69) is 29.5 Å². The lowest BCUT2D eigenvalue weighted by Crippen LogP contribution is -2.39. The van der Waals surface area contributed by atoms with Gasteiger partial charge in [-0.2, -0.15) is 0 Å². The number of nitrogens with one attached hydrogen (secondary N) is 1. The Hall–Kier alpha value is -2.05. The van der Waals surface area contributed by atoms with Crippen molar-refractivity contribution in [2.75, 3.05) is 13.1 Å². The van der Waals surface area contributed by atoms with Crippen molar-refractivity contribution in [2.24, 2.45) is 0 Å². The van der Waals surface area contributed by atoms with Gasteiger partial charge < -0.3 is 20.0 Å². The number of unbranched alkanes of at least 4 members (excludes halogenated alkanes) is 1. The van der Waals surface area contributed by atoms with Gasteiger partial charge in [0, 0.05) is 12.5 Å². The quantitative estimate of drug-likeness (QED) is 0.443. The molecule has 1 aliphatic heterocycles. The van der Waals surface area contributed by atoms with Crippen LogP contribution in [0.3, 0.4) is 0 Å². The van der Waals surface area contributed by atoms with Gasteiger partial charge in [-0.25, -0.2) is 0 Å². The van der Waals surface area contributed by atoms with E-state index < -0.39 is 0 Å². The van der Waals surface area contributed by atoms with Crippen LogP contribution in [0.5, 0.6) is 11.6 Å². The molecule has 0 unspecified atom stereocenters. The summed E-state index contributed by atoms with van der Waals surface area (Å²) in [5.74, 6) is 1.32. The molecule has 32 heavy (non-hydrogen) atoms. The normalized spacial score (nSPS) is 17.5. The summed E-state index contributed by atoms with van der Waals surface area (Å²) in [6.45, 7) is 4.01. The SMILES string of the molecule is CCCCc1c(-c2ccc(OC3CCCCC3)cc2)cc(OC2CCNCC2)n[n+]1[O-].Cl. The van der Waals surface area contributed by atoms with Gasteiger partial charge in [0.25, 0.3) is 5.88 Å². The van der Waals surface area contributed by atoms with Crippen LogP contribution < -0.4 is 19.6 Å². The second-order valence-electron chi connectivity index (χ2n) is 8.79. The van der Waals surface area contributed by atoms with Crippen molar-refractivity contribution in [1.29, 1.82) is 0 Å². The first-order valence-electron chi connectivity index (χ1n) is 12.0. The number of hydrogen-bond acceptors (Lipinski definition) is 5. The third kappa shape index (κ3) is 6.48. The molecule has 2 aromatic rings. The van der Waals surface area contributed by atoms with Crippen LogP contribution in [0.2, 0.25) is 0 Å². The standard InChI is InChI=1S/C25H35N3O3.ClH/c1-2-3-9-24-23(18-25(27-28(24)29)31-22-14-16-26-17-15-22)19-10-12-21(13-11-19)30-20-7-5-4-6-8-20;/h10-13,18,20,22,26H,2-9,14-17H2,1H3;1H. The third-order valence-electron chi connectivity index (χ3n) is 6.36. The van der Waals surface area contributed by atoms with Crippen LogP contribution in [0.15, 0.2) is 30.3 Å². The number of benzene rings is 1. The van der Waals surface area contributed by atoms with E-state index in [0.29, 0.717) is 24.1 Å². The molecule has 7 heteroatoms. The zero-order valence-electron chi connectivity index (χ0n) is 19.1. The maximum atomic E-state index is 12.8. The number of rotatable bonds is 8. The van der Waals surface area contributed by atoms with Gasteiger partial charge in [0.1, 0.15) is 11.9 Å². The Bertz CT molecular complexity index is 835. The zero-order chi connectivity index (χ0) is 21.5. The van der Waals surface area contributed by atoms with Gasteiger partial charge in [-0.1, -0.05) is 36.7 Å². The molecule has 4 rings (SSSR count). The highest BCUT2D eigenvalue weighted by Gasteiger charge is 2.22. The average molecular weight is 462 g/mol. The molecule has 0 amide bonds. The summed E-state index contributed by atoms with van der Waals surface area (Å²) in [4.78, 5) is 0.772. The maximum Gasteiger partial charge on any atom is 0.281 e. The van der Waals surface area contributed by atoms with Gasteiger partial charge >= 0.3 is 0 Å². The van der Waals surface area contributed by atoms with Gasteiger partial charge in [-0.3, -0.25) is 0 Å². The highest BCUT2D eigenvalue weighted by atomic mass is 35.5. The summed E-state index contributed by atoms with van der Waals surface area (Å²) >= 11 is 0. The largest absolute Gasteiger partial charge is 0.594 e. The third-order valence-corrected chi connectivity index (χ3v) is 6.36. The number of hydrogen-bond donors (Lipinski definition) is 1. The minimum atomic E-state index is 0. The lowest BCUT2D eigenvalue weighted by atomic mass is 9.97. The Balaban J connectivity index is 0.00000289. The molecule has 0 atom stereocenters. The van der Waals surface area contributed by atoms with Crippen LogP contribution >= 0.6 is 12.4 Å². The number of halogens is 1. The van der Waals surface area contributed by atoms with Crippen LogP contribution in [0, 0.1) is 5.21 Å². The Morgan fingerprint density at radius 2 is 1.69 bits per heavy atom. The lowest BCUT2D eigenvalue weighted by Gasteiger charge is -2.23.